The maximum absolute atomic E-state index is 12.3. The Labute approximate surface area is 150 Å². The van der Waals surface area contributed by atoms with E-state index in [4.69, 9.17) is 4.74 Å². The molecule has 1 saturated carbocycles. The molecule has 4 rings (SSSR count). The van der Waals surface area contributed by atoms with Gasteiger partial charge >= 0.3 is 0 Å². The van der Waals surface area contributed by atoms with E-state index in [2.05, 4.69) is 25.5 Å². The zero-order valence-electron chi connectivity index (χ0n) is 14.3. The predicted molar refractivity (Wildman–Crippen MR) is 95.3 cm³/mol. The molecule has 2 unspecified atom stereocenters. The molecule has 2 atom stereocenters. The van der Waals surface area contributed by atoms with Crippen LogP contribution in [0.15, 0.2) is 48.8 Å². The Morgan fingerprint density at radius 3 is 2.88 bits per heavy atom. The van der Waals surface area contributed by atoms with Crippen LogP contribution in [0.4, 0.5) is 0 Å². The molecule has 3 aromatic rings. The second kappa shape index (κ2) is 6.95. The molecule has 0 spiro atoms. The molecule has 1 aliphatic carbocycles. The molecule has 0 bridgehead atoms. The largest absolute Gasteiger partial charge is 0.497 e. The lowest BCUT2D eigenvalue weighted by atomic mass is 10.1. The zero-order valence-corrected chi connectivity index (χ0v) is 14.3. The number of methoxy groups -OCH3 is 1. The predicted octanol–water partition coefficient (Wildman–Crippen LogP) is 2.30. The summed E-state index contributed by atoms with van der Waals surface area (Å²) in [5.41, 5.74) is 2.01. The van der Waals surface area contributed by atoms with Crippen molar-refractivity contribution in [2.75, 3.05) is 7.11 Å². The molecule has 2 aromatic heterocycles. The van der Waals surface area contributed by atoms with Crippen molar-refractivity contribution in [2.45, 2.75) is 18.9 Å². The number of aromatic amines is 1. The summed E-state index contributed by atoms with van der Waals surface area (Å²) >= 11 is 0. The van der Waals surface area contributed by atoms with Gasteiger partial charge in [-0.3, -0.25) is 14.9 Å². The first-order valence-electron chi connectivity index (χ1n) is 8.48. The zero-order chi connectivity index (χ0) is 17.9. The monoisotopic (exact) mass is 349 g/mol. The van der Waals surface area contributed by atoms with E-state index in [0.717, 1.165) is 23.3 Å². The Kier molecular flexibility index (Phi) is 4.35. The van der Waals surface area contributed by atoms with Crippen molar-refractivity contribution in [2.24, 2.45) is 5.92 Å². The number of amides is 1. The summed E-state index contributed by atoms with van der Waals surface area (Å²) < 4.78 is 5.14. The quantitative estimate of drug-likeness (QED) is 0.712. The van der Waals surface area contributed by atoms with Crippen LogP contribution in [0.2, 0.25) is 0 Å². The summed E-state index contributed by atoms with van der Waals surface area (Å²) in [5.74, 6) is 2.33. The topological polar surface area (TPSA) is 92.8 Å². The normalized spacial score (nSPS) is 18.3. The highest BCUT2D eigenvalue weighted by Crippen LogP contribution is 2.47. The molecule has 7 heteroatoms. The van der Waals surface area contributed by atoms with Crippen molar-refractivity contribution in [1.29, 1.82) is 0 Å². The van der Waals surface area contributed by atoms with Crippen LogP contribution in [-0.2, 0) is 11.3 Å². The lowest BCUT2D eigenvalue weighted by Gasteiger charge is -2.02. The third-order valence-corrected chi connectivity index (χ3v) is 4.55. The van der Waals surface area contributed by atoms with Crippen LogP contribution >= 0.6 is 0 Å². The average Bonchev–Trinajstić information content (AvgIpc) is 3.37. The van der Waals surface area contributed by atoms with Crippen LogP contribution in [0, 0.1) is 5.92 Å². The highest BCUT2D eigenvalue weighted by molar-refractivity contribution is 5.82. The number of carbonyl (C=O) groups is 1. The second-order valence-corrected chi connectivity index (χ2v) is 6.29. The third-order valence-electron chi connectivity index (χ3n) is 4.55. The van der Waals surface area contributed by atoms with Crippen molar-refractivity contribution in [3.63, 3.8) is 0 Å². The molecule has 132 valence electrons. The van der Waals surface area contributed by atoms with Gasteiger partial charge in [0.1, 0.15) is 11.6 Å². The van der Waals surface area contributed by atoms with E-state index in [1.807, 2.05) is 42.6 Å². The number of hydrogen-bond donors (Lipinski definition) is 2. The van der Waals surface area contributed by atoms with Crippen LogP contribution in [0.5, 0.6) is 5.75 Å². The van der Waals surface area contributed by atoms with E-state index in [1.54, 1.807) is 13.3 Å². The molecule has 2 heterocycles. The van der Waals surface area contributed by atoms with Gasteiger partial charge in [0.05, 0.1) is 13.7 Å². The number of benzene rings is 1. The molecule has 1 amide bonds. The molecule has 26 heavy (non-hydrogen) atoms. The third kappa shape index (κ3) is 3.42. The van der Waals surface area contributed by atoms with Gasteiger partial charge in [-0.05, 0) is 48.2 Å². The Balaban J connectivity index is 1.33. The van der Waals surface area contributed by atoms with Gasteiger partial charge < -0.3 is 10.1 Å². The molecular weight excluding hydrogens is 330 g/mol. The molecule has 1 aliphatic rings. The van der Waals surface area contributed by atoms with Crippen LogP contribution in [-0.4, -0.2) is 33.2 Å². The van der Waals surface area contributed by atoms with E-state index < -0.39 is 0 Å². The summed E-state index contributed by atoms with van der Waals surface area (Å²) in [6, 6.07) is 11.4. The number of carbonyl (C=O) groups excluding carboxylic acids is 1. The highest BCUT2D eigenvalue weighted by Gasteiger charge is 2.43. The van der Waals surface area contributed by atoms with Crippen molar-refractivity contribution >= 4 is 5.91 Å². The Bertz CT molecular complexity index is 892. The second-order valence-electron chi connectivity index (χ2n) is 6.29. The van der Waals surface area contributed by atoms with Crippen LogP contribution in [0.25, 0.3) is 11.4 Å². The minimum absolute atomic E-state index is 0.0168. The van der Waals surface area contributed by atoms with E-state index in [-0.39, 0.29) is 17.7 Å². The molecule has 0 aliphatic heterocycles. The van der Waals surface area contributed by atoms with Gasteiger partial charge in [0.15, 0.2) is 5.82 Å². The van der Waals surface area contributed by atoms with Gasteiger partial charge in [-0.1, -0.05) is 6.07 Å². The standard InChI is InChI=1S/C19H19N5O2/c1-26-14-6-4-12(5-7-14)18-22-17(23-24-18)11-21-19(25)16-9-15(16)13-3-2-8-20-10-13/h2-8,10,15-16H,9,11H2,1H3,(H,21,25)(H,22,23,24). The fourth-order valence-corrected chi connectivity index (χ4v) is 2.99. The molecule has 0 radical (unpaired) electrons. The lowest BCUT2D eigenvalue weighted by molar-refractivity contribution is -0.122. The first-order chi connectivity index (χ1) is 12.7. The number of H-pyrrole nitrogens is 1. The maximum Gasteiger partial charge on any atom is 0.224 e. The van der Waals surface area contributed by atoms with E-state index >= 15 is 0 Å². The Hall–Kier alpha value is -3.22. The van der Waals surface area contributed by atoms with Gasteiger partial charge in [-0.15, -0.1) is 0 Å². The van der Waals surface area contributed by atoms with E-state index in [1.165, 1.54) is 0 Å². The number of ether oxygens (including phenoxy) is 1. The SMILES string of the molecule is COc1ccc(-c2n[nH]c(CNC(=O)C3CC3c3cccnc3)n2)cc1. The van der Waals surface area contributed by atoms with Gasteiger partial charge in [0, 0.05) is 23.9 Å². The lowest BCUT2D eigenvalue weighted by Crippen LogP contribution is -2.25. The summed E-state index contributed by atoms with van der Waals surface area (Å²) in [6.07, 6.45) is 4.44. The summed E-state index contributed by atoms with van der Waals surface area (Å²) in [6.45, 7) is 0.332. The van der Waals surface area contributed by atoms with Gasteiger partial charge in [0.2, 0.25) is 5.91 Å². The van der Waals surface area contributed by atoms with Crippen molar-refractivity contribution in [1.82, 2.24) is 25.5 Å². The van der Waals surface area contributed by atoms with Gasteiger partial charge in [-0.25, -0.2) is 4.98 Å². The summed E-state index contributed by atoms with van der Waals surface area (Å²) in [4.78, 5) is 20.8. The number of aromatic nitrogens is 4. The fraction of sp³-hybridized carbons (Fsp3) is 0.263. The van der Waals surface area contributed by atoms with Crippen LogP contribution < -0.4 is 10.1 Å². The van der Waals surface area contributed by atoms with Gasteiger partial charge in [0.25, 0.3) is 0 Å². The fourth-order valence-electron chi connectivity index (χ4n) is 2.99. The van der Waals surface area contributed by atoms with Crippen molar-refractivity contribution in [3.8, 4) is 17.1 Å². The summed E-state index contributed by atoms with van der Waals surface area (Å²) in [7, 11) is 1.63. The minimum Gasteiger partial charge on any atom is -0.497 e. The molecular formula is C19H19N5O2. The first-order valence-corrected chi connectivity index (χ1v) is 8.48. The highest BCUT2D eigenvalue weighted by atomic mass is 16.5. The number of rotatable bonds is 6. The number of hydrogen-bond acceptors (Lipinski definition) is 5. The average molecular weight is 349 g/mol. The van der Waals surface area contributed by atoms with E-state index in [0.29, 0.717) is 18.2 Å². The van der Waals surface area contributed by atoms with Crippen molar-refractivity contribution < 1.29 is 9.53 Å². The molecule has 2 N–H and O–H groups in total. The summed E-state index contributed by atoms with van der Waals surface area (Å²) in [5, 5.41) is 10.0. The molecule has 1 fully saturated rings. The number of nitrogens with one attached hydrogen (secondary N) is 2. The van der Waals surface area contributed by atoms with Crippen molar-refractivity contribution in [3.05, 3.63) is 60.2 Å². The maximum atomic E-state index is 12.3. The minimum atomic E-state index is 0.0168. The number of nitrogens with zero attached hydrogens (tertiary/aromatic N) is 3. The van der Waals surface area contributed by atoms with E-state index in [9.17, 15) is 4.79 Å². The smallest absolute Gasteiger partial charge is 0.224 e. The van der Waals surface area contributed by atoms with Gasteiger partial charge in [-0.2, -0.15) is 5.10 Å². The Morgan fingerprint density at radius 2 is 2.15 bits per heavy atom. The molecule has 1 aromatic carbocycles. The Morgan fingerprint density at radius 1 is 1.31 bits per heavy atom. The molecule has 7 nitrogen and oxygen atoms in total. The van der Waals surface area contributed by atoms with Crippen LogP contribution in [0.3, 0.4) is 0 Å². The molecule has 0 saturated heterocycles. The number of pyridine rings is 1. The first kappa shape index (κ1) is 16.3. The van der Waals surface area contributed by atoms with Crippen LogP contribution in [0.1, 0.15) is 23.7 Å².